The summed E-state index contributed by atoms with van der Waals surface area (Å²) in [6.07, 6.45) is 37.5. The van der Waals surface area contributed by atoms with Crippen LogP contribution in [0.1, 0.15) is 168 Å². The highest BCUT2D eigenvalue weighted by Gasteiger charge is 2.33. The number of carboxylic acid groups (broad SMARTS) is 2. The maximum Gasteiger partial charge on any atom is 0.303 e. The van der Waals surface area contributed by atoms with Gasteiger partial charge in [-0.3, -0.25) is 9.59 Å². The van der Waals surface area contributed by atoms with Gasteiger partial charge in [-0.1, -0.05) is 134 Å². The van der Waals surface area contributed by atoms with Crippen molar-refractivity contribution >= 4 is 11.9 Å². The Morgan fingerprint density at radius 3 is 1.60 bits per heavy atom. The topological polar surface area (TPSA) is 74.6 Å². The minimum Gasteiger partial charge on any atom is -0.481 e. The van der Waals surface area contributed by atoms with Crippen molar-refractivity contribution in [3.05, 3.63) is 24.3 Å². The molecule has 4 unspecified atom stereocenters. The monoisotopic (exact) mass is 560 g/mol. The van der Waals surface area contributed by atoms with Gasteiger partial charge >= 0.3 is 11.9 Å². The zero-order valence-electron chi connectivity index (χ0n) is 26.3. The van der Waals surface area contributed by atoms with E-state index in [1.807, 2.05) is 0 Å². The van der Waals surface area contributed by atoms with Gasteiger partial charge in [0.25, 0.3) is 0 Å². The fraction of sp³-hybridized carbons (Fsp3) is 0.833. The molecule has 0 bridgehead atoms. The van der Waals surface area contributed by atoms with Crippen LogP contribution in [-0.2, 0) is 9.59 Å². The molecule has 0 aromatic heterocycles. The van der Waals surface area contributed by atoms with Crippen molar-refractivity contribution in [3.63, 3.8) is 0 Å². The molecular formula is C36H64O4. The van der Waals surface area contributed by atoms with Crippen LogP contribution in [0.15, 0.2) is 24.3 Å². The summed E-state index contributed by atoms with van der Waals surface area (Å²) in [5.74, 6) is 1.41. The number of aliphatic carboxylic acids is 2. The summed E-state index contributed by atoms with van der Waals surface area (Å²) >= 11 is 0. The van der Waals surface area contributed by atoms with Crippen LogP contribution in [0, 0.1) is 23.7 Å². The molecule has 4 atom stereocenters. The quantitative estimate of drug-likeness (QED) is 0.0774. The molecule has 0 fully saturated rings. The summed E-state index contributed by atoms with van der Waals surface area (Å²) in [6, 6.07) is 0. The van der Waals surface area contributed by atoms with Crippen molar-refractivity contribution in [2.75, 3.05) is 0 Å². The Morgan fingerprint density at radius 1 is 0.575 bits per heavy atom. The molecule has 1 rings (SSSR count). The molecule has 0 saturated heterocycles. The van der Waals surface area contributed by atoms with E-state index in [0.717, 1.165) is 56.8 Å². The van der Waals surface area contributed by atoms with Gasteiger partial charge in [-0.15, -0.1) is 0 Å². The summed E-state index contributed by atoms with van der Waals surface area (Å²) in [7, 11) is 0. The highest BCUT2D eigenvalue weighted by Crippen LogP contribution is 2.43. The first-order valence-corrected chi connectivity index (χ1v) is 17.3. The van der Waals surface area contributed by atoms with Crippen LogP contribution in [-0.4, -0.2) is 22.2 Å². The van der Waals surface area contributed by atoms with Gasteiger partial charge in [0.1, 0.15) is 0 Å². The van der Waals surface area contributed by atoms with Crippen molar-refractivity contribution in [2.45, 2.75) is 168 Å². The Balaban J connectivity index is 2.74. The Bertz CT molecular complexity index is 682. The van der Waals surface area contributed by atoms with Crippen LogP contribution in [0.4, 0.5) is 0 Å². The smallest absolute Gasteiger partial charge is 0.303 e. The molecule has 0 radical (unpaired) electrons. The highest BCUT2D eigenvalue weighted by molar-refractivity contribution is 5.66. The minimum absolute atomic E-state index is 0.304. The van der Waals surface area contributed by atoms with Gasteiger partial charge in [-0.2, -0.15) is 0 Å². The second kappa shape index (κ2) is 25.2. The lowest BCUT2D eigenvalue weighted by atomic mass is 9.66. The summed E-state index contributed by atoms with van der Waals surface area (Å²) in [5, 5.41) is 17.7. The number of carboxylic acids is 2. The van der Waals surface area contributed by atoms with Crippen LogP contribution in [0.2, 0.25) is 0 Å². The average Bonchev–Trinajstić information content (AvgIpc) is 2.93. The first kappa shape index (κ1) is 36.4. The third kappa shape index (κ3) is 18.7. The number of rotatable bonds is 27. The fourth-order valence-electron chi connectivity index (χ4n) is 6.57. The molecule has 0 amide bonds. The number of hydrogen-bond donors (Lipinski definition) is 2. The molecule has 1 aliphatic carbocycles. The Hall–Kier alpha value is -1.58. The van der Waals surface area contributed by atoms with Crippen molar-refractivity contribution in [3.8, 4) is 0 Å². The normalized spacial score (nSPS) is 20.9. The van der Waals surface area contributed by atoms with Gasteiger partial charge in [0, 0.05) is 12.8 Å². The van der Waals surface area contributed by atoms with Crippen molar-refractivity contribution in [2.24, 2.45) is 23.7 Å². The third-order valence-corrected chi connectivity index (χ3v) is 8.97. The first-order chi connectivity index (χ1) is 19.5. The minimum atomic E-state index is -0.676. The standard InChI is InChI=1S/C36H64O4/c1-3-5-7-17-23-31-29-30-32(24-18-13-12-16-22-28-36(39)40)34(33(31)25-19-8-6-4-2)26-20-14-10-9-11-15-21-27-35(37)38/h20,26,29-34H,3-19,21-25,27-28H2,1-2H3,(H,37,38)(H,39,40)/b26-20+. The van der Waals surface area contributed by atoms with Crippen molar-refractivity contribution in [1.82, 2.24) is 0 Å². The molecule has 0 aliphatic heterocycles. The van der Waals surface area contributed by atoms with Crippen molar-refractivity contribution < 1.29 is 19.8 Å². The average molecular weight is 561 g/mol. The summed E-state index contributed by atoms with van der Waals surface area (Å²) in [6.45, 7) is 4.60. The molecule has 2 N–H and O–H groups in total. The predicted octanol–water partition coefficient (Wildman–Crippen LogP) is 11.1. The number of carbonyl (C=O) groups is 2. The first-order valence-electron chi connectivity index (χ1n) is 17.3. The molecule has 40 heavy (non-hydrogen) atoms. The van der Waals surface area contributed by atoms with E-state index in [-0.39, 0.29) is 0 Å². The van der Waals surface area contributed by atoms with Gasteiger partial charge < -0.3 is 10.2 Å². The van der Waals surface area contributed by atoms with E-state index in [9.17, 15) is 9.59 Å². The van der Waals surface area contributed by atoms with Crippen LogP contribution in [0.5, 0.6) is 0 Å². The molecule has 0 spiro atoms. The largest absolute Gasteiger partial charge is 0.481 e. The van der Waals surface area contributed by atoms with Crippen molar-refractivity contribution in [1.29, 1.82) is 0 Å². The fourth-order valence-corrected chi connectivity index (χ4v) is 6.57. The molecule has 1 aliphatic rings. The Labute approximate surface area is 247 Å². The SMILES string of the molecule is CCCCCCC1C=CC(CCCCCCCC(=O)O)C(/C=C/CCCCCCCC(=O)O)C1CCCCCC. The van der Waals surface area contributed by atoms with Crippen LogP contribution in [0.25, 0.3) is 0 Å². The van der Waals surface area contributed by atoms with E-state index in [4.69, 9.17) is 10.2 Å². The molecule has 4 heteroatoms. The van der Waals surface area contributed by atoms with E-state index >= 15 is 0 Å². The number of hydrogen-bond acceptors (Lipinski definition) is 2. The van der Waals surface area contributed by atoms with Gasteiger partial charge in [0.15, 0.2) is 0 Å². The van der Waals surface area contributed by atoms with Crippen LogP contribution >= 0.6 is 0 Å². The molecule has 0 saturated carbocycles. The lowest BCUT2D eigenvalue weighted by molar-refractivity contribution is -0.138. The highest BCUT2D eigenvalue weighted by atomic mass is 16.4. The second-order valence-corrected chi connectivity index (χ2v) is 12.5. The zero-order chi connectivity index (χ0) is 29.3. The van der Waals surface area contributed by atoms with Gasteiger partial charge in [-0.25, -0.2) is 0 Å². The molecule has 4 nitrogen and oxygen atoms in total. The third-order valence-electron chi connectivity index (χ3n) is 8.97. The summed E-state index contributed by atoms with van der Waals surface area (Å²) in [4.78, 5) is 21.5. The second-order valence-electron chi connectivity index (χ2n) is 12.5. The van der Waals surface area contributed by atoms with E-state index in [1.165, 1.54) is 96.3 Å². The van der Waals surface area contributed by atoms with Gasteiger partial charge in [-0.05, 0) is 68.6 Å². The van der Waals surface area contributed by atoms with Crippen LogP contribution < -0.4 is 0 Å². The molecule has 0 aromatic rings. The molecule has 0 heterocycles. The Kier molecular flexibility index (Phi) is 22.9. The van der Waals surface area contributed by atoms with E-state index in [0.29, 0.717) is 24.7 Å². The lowest BCUT2D eigenvalue weighted by Crippen LogP contribution is -2.30. The van der Waals surface area contributed by atoms with E-state index < -0.39 is 11.9 Å². The lowest BCUT2D eigenvalue weighted by Gasteiger charge is -2.39. The predicted molar refractivity (Wildman–Crippen MR) is 170 cm³/mol. The maximum atomic E-state index is 10.8. The van der Waals surface area contributed by atoms with Crippen LogP contribution in [0.3, 0.4) is 0 Å². The summed E-state index contributed by atoms with van der Waals surface area (Å²) in [5.41, 5.74) is 0. The molecule has 0 aromatic carbocycles. The Morgan fingerprint density at radius 2 is 1.02 bits per heavy atom. The van der Waals surface area contributed by atoms with Gasteiger partial charge in [0.2, 0.25) is 0 Å². The number of allylic oxidation sites excluding steroid dienone is 4. The molecule has 232 valence electrons. The molecular weight excluding hydrogens is 496 g/mol. The number of unbranched alkanes of at least 4 members (excludes halogenated alkanes) is 15. The zero-order valence-corrected chi connectivity index (χ0v) is 26.3. The van der Waals surface area contributed by atoms with Gasteiger partial charge in [0.05, 0.1) is 0 Å². The van der Waals surface area contributed by atoms with E-state index in [1.54, 1.807) is 0 Å². The maximum absolute atomic E-state index is 10.8. The van der Waals surface area contributed by atoms with E-state index in [2.05, 4.69) is 38.2 Å². The summed E-state index contributed by atoms with van der Waals surface area (Å²) < 4.78 is 0.